The molecule has 5 nitrogen and oxygen atoms in total. The molecule has 1 aromatic rings. The van der Waals surface area contributed by atoms with Crippen molar-refractivity contribution in [3.05, 3.63) is 30.7 Å². The molecular weight excluding hydrogens is 196 g/mol. The van der Waals surface area contributed by atoms with Crippen LogP contribution in [0, 0.1) is 6.92 Å². The highest BCUT2D eigenvalue weighted by Crippen LogP contribution is 2.27. The average Bonchev–Trinajstić information content (AvgIpc) is 2.16. The first-order valence-electron chi connectivity index (χ1n) is 4.16. The summed E-state index contributed by atoms with van der Waals surface area (Å²) in [6.45, 7) is 3.15. The van der Waals surface area contributed by atoms with E-state index in [-0.39, 0.29) is 11.3 Å². The Hall–Kier alpha value is -2.04. The Labute approximate surface area is 87.2 Å². The third kappa shape index (κ3) is 2.46. The number of carbonyl (C=O) groups excluding carboxylic acids is 2. The third-order valence-electron chi connectivity index (χ3n) is 1.78. The van der Waals surface area contributed by atoms with Crippen molar-refractivity contribution in [1.29, 1.82) is 0 Å². The van der Waals surface area contributed by atoms with E-state index in [4.69, 9.17) is 10.5 Å². The van der Waals surface area contributed by atoms with Gasteiger partial charge in [-0.2, -0.15) is 0 Å². The monoisotopic (exact) mass is 207 g/mol. The van der Waals surface area contributed by atoms with Crippen LogP contribution in [-0.2, 0) is 4.79 Å². The summed E-state index contributed by atoms with van der Waals surface area (Å²) < 4.78 is 4.99. The van der Waals surface area contributed by atoms with E-state index < -0.39 is 11.8 Å². The van der Waals surface area contributed by atoms with Gasteiger partial charge in [0.2, 0.25) is 5.91 Å². The minimum atomic E-state index is -0.641. The van der Waals surface area contributed by atoms with Gasteiger partial charge in [0.1, 0.15) is 5.75 Å². The van der Waals surface area contributed by atoms with E-state index in [1.165, 1.54) is 13.2 Å². The molecule has 0 spiro atoms. The fourth-order valence-electron chi connectivity index (χ4n) is 1.17. The molecule has 3 N–H and O–H groups in total. The van der Waals surface area contributed by atoms with E-state index in [0.29, 0.717) is 5.75 Å². The maximum Gasteiger partial charge on any atom is 0.250 e. The smallest absolute Gasteiger partial charge is 0.250 e. The molecule has 0 bridgehead atoms. The highest BCUT2D eigenvalue weighted by molar-refractivity contribution is 6.05. The van der Waals surface area contributed by atoms with E-state index >= 15 is 0 Å². The van der Waals surface area contributed by atoms with Gasteiger partial charge in [-0.15, -0.1) is 0 Å². The lowest BCUT2D eigenvalue weighted by molar-refractivity contribution is -0.112. The molecule has 0 unspecified atom stereocenters. The first-order valence-corrected chi connectivity index (χ1v) is 4.16. The predicted octanol–water partition coefficient (Wildman–Crippen LogP) is 0.567. The molecule has 0 saturated carbocycles. The van der Waals surface area contributed by atoms with Gasteiger partial charge in [-0.05, 0) is 12.1 Å². The summed E-state index contributed by atoms with van der Waals surface area (Å²) in [4.78, 5) is 21.9. The van der Waals surface area contributed by atoms with Crippen LogP contribution in [-0.4, -0.2) is 18.9 Å². The molecular formula is C10H11N2O3. The number of hydrogen-bond donors (Lipinski definition) is 2. The zero-order chi connectivity index (χ0) is 11.4. The molecule has 1 aromatic carbocycles. The van der Waals surface area contributed by atoms with Gasteiger partial charge in [-0.3, -0.25) is 9.59 Å². The Bertz CT molecular complexity index is 402. The highest BCUT2D eigenvalue weighted by Gasteiger charge is 2.13. The van der Waals surface area contributed by atoms with Crippen molar-refractivity contribution < 1.29 is 14.3 Å². The maximum absolute atomic E-state index is 11.1. The van der Waals surface area contributed by atoms with Gasteiger partial charge in [-0.1, -0.05) is 6.07 Å². The Kier molecular flexibility index (Phi) is 3.28. The summed E-state index contributed by atoms with van der Waals surface area (Å²) >= 11 is 0. The van der Waals surface area contributed by atoms with Crippen molar-refractivity contribution in [3.8, 4) is 5.75 Å². The minimum Gasteiger partial charge on any atom is -0.495 e. The van der Waals surface area contributed by atoms with Crippen LogP contribution in [0.4, 0.5) is 5.69 Å². The summed E-state index contributed by atoms with van der Waals surface area (Å²) in [5.74, 6) is -0.817. The number of hydrogen-bond acceptors (Lipinski definition) is 3. The number of para-hydroxylation sites is 1. The van der Waals surface area contributed by atoms with E-state index in [9.17, 15) is 9.59 Å². The molecule has 0 aliphatic heterocycles. The summed E-state index contributed by atoms with van der Waals surface area (Å²) in [5, 5.41) is 2.40. The van der Waals surface area contributed by atoms with Crippen molar-refractivity contribution in [2.24, 2.45) is 5.73 Å². The average molecular weight is 207 g/mol. The second-order valence-corrected chi connectivity index (χ2v) is 2.80. The van der Waals surface area contributed by atoms with Gasteiger partial charge in [0, 0.05) is 6.92 Å². The molecule has 79 valence electrons. The molecule has 0 atom stereocenters. The normalized spacial score (nSPS) is 9.47. The van der Waals surface area contributed by atoms with Crippen molar-refractivity contribution >= 4 is 17.5 Å². The molecule has 5 heteroatoms. The van der Waals surface area contributed by atoms with E-state index in [0.717, 1.165) is 0 Å². The molecule has 0 saturated heterocycles. The van der Waals surface area contributed by atoms with Gasteiger partial charge in [0.25, 0.3) is 5.91 Å². The van der Waals surface area contributed by atoms with E-state index in [1.807, 2.05) is 0 Å². The van der Waals surface area contributed by atoms with Gasteiger partial charge in [0.05, 0.1) is 18.4 Å². The Morgan fingerprint density at radius 3 is 2.60 bits per heavy atom. The maximum atomic E-state index is 11.1. The molecule has 0 fully saturated rings. The molecule has 1 radical (unpaired) electrons. The number of carbonyl (C=O) groups is 2. The van der Waals surface area contributed by atoms with Crippen LogP contribution in [0.15, 0.2) is 18.2 Å². The van der Waals surface area contributed by atoms with E-state index in [2.05, 4.69) is 12.2 Å². The number of anilines is 1. The van der Waals surface area contributed by atoms with Gasteiger partial charge in [-0.25, -0.2) is 0 Å². The van der Waals surface area contributed by atoms with Crippen LogP contribution in [0.5, 0.6) is 5.75 Å². The van der Waals surface area contributed by atoms with Crippen LogP contribution in [0.1, 0.15) is 10.4 Å². The van der Waals surface area contributed by atoms with Crippen LogP contribution in [0.3, 0.4) is 0 Å². The lowest BCUT2D eigenvalue weighted by Crippen LogP contribution is -2.17. The van der Waals surface area contributed by atoms with Crippen LogP contribution >= 0.6 is 0 Å². The molecule has 1 rings (SSSR count). The van der Waals surface area contributed by atoms with Crippen molar-refractivity contribution in [2.75, 3.05) is 12.4 Å². The van der Waals surface area contributed by atoms with Crippen molar-refractivity contribution in [1.82, 2.24) is 0 Å². The zero-order valence-electron chi connectivity index (χ0n) is 8.24. The number of nitrogens with one attached hydrogen (secondary N) is 1. The first-order chi connectivity index (χ1) is 7.06. The molecule has 15 heavy (non-hydrogen) atoms. The number of nitrogens with two attached hydrogens (primary N) is 1. The summed E-state index contributed by atoms with van der Waals surface area (Å²) in [7, 11) is 1.43. The molecule has 0 aromatic heterocycles. The molecule has 2 amide bonds. The fraction of sp³-hybridized carbons (Fsp3) is 0.100. The number of amides is 2. The third-order valence-corrected chi connectivity index (χ3v) is 1.78. The molecule has 0 heterocycles. The summed E-state index contributed by atoms with van der Waals surface area (Å²) in [6.07, 6.45) is 0. The van der Waals surface area contributed by atoms with Crippen LogP contribution < -0.4 is 15.8 Å². The van der Waals surface area contributed by atoms with Crippen LogP contribution in [0.2, 0.25) is 0 Å². The van der Waals surface area contributed by atoms with Crippen LogP contribution in [0.25, 0.3) is 0 Å². The van der Waals surface area contributed by atoms with Gasteiger partial charge >= 0.3 is 0 Å². The Morgan fingerprint density at radius 2 is 2.13 bits per heavy atom. The Morgan fingerprint density at radius 1 is 1.47 bits per heavy atom. The quantitative estimate of drug-likeness (QED) is 0.760. The molecule has 0 aliphatic rings. The summed E-state index contributed by atoms with van der Waals surface area (Å²) in [6, 6.07) is 4.71. The topological polar surface area (TPSA) is 81.4 Å². The predicted molar refractivity (Wildman–Crippen MR) is 55.5 cm³/mol. The number of primary amides is 1. The van der Waals surface area contributed by atoms with Gasteiger partial charge in [0.15, 0.2) is 0 Å². The Balaban J connectivity index is 3.26. The summed E-state index contributed by atoms with van der Waals surface area (Å²) in [5.41, 5.74) is 5.58. The number of benzene rings is 1. The minimum absolute atomic E-state index is 0.186. The SMILES string of the molecule is [CH2]C(=O)Nc1c(OC)cccc1C(N)=O. The number of ether oxygens (including phenoxy) is 1. The number of methoxy groups -OCH3 is 1. The highest BCUT2D eigenvalue weighted by atomic mass is 16.5. The molecule has 0 aliphatic carbocycles. The van der Waals surface area contributed by atoms with Crippen molar-refractivity contribution in [3.63, 3.8) is 0 Å². The second-order valence-electron chi connectivity index (χ2n) is 2.80. The fourth-order valence-corrected chi connectivity index (χ4v) is 1.17. The zero-order valence-corrected chi connectivity index (χ0v) is 8.24. The standard InChI is InChI=1S/C10H11N2O3/c1-6(13)12-9-7(10(11)14)4-3-5-8(9)15-2/h3-5H,1H2,2H3,(H2,11,14)(H,12,13). The lowest BCUT2D eigenvalue weighted by Gasteiger charge is -2.11. The number of rotatable bonds is 3. The van der Waals surface area contributed by atoms with E-state index in [1.54, 1.807) is 12.1 Å². The largest absolute Gasteiger partial charge is 0.495 e. The first kappa shape index (κ1) is 11.0. The lowest BCUT2D eigenvalue weighted by atomic mass is 10.1. The second kappa shape index (κ2) is 4.45. The van der Waals surface area contributed by atoms with Gasteiger partial charge < -0.3 is 15.8 Å². The van der Waals surface area contributed by atoms with Crippen molar-refractivity contribution in [2.45, 2.75) is 0 Å².